The van der Waals surface area contributed by atoms with Crippen molar-refractivity contribution in [1.82, 2.24) is 10.1 Å². The molecule has 19 heavy (non-hydrogen) atoms. The smallest absolute Gasteiger partial charge is 0.236 e. The van der Waals surface area contributed by atoms with E-state index in [0.717, 1.165) is 18.2 Å². The molecule has 0 amide bonds. The Morgan fingerprint density at radius 3 is 2.89 bits per heavy atom. The van der Waals surface area contributed by atoms with Gasteiger partial charge in [0.2, 0.25) is 5.89 Å². The normalized spacial score (nSPS) is 39.6. The Labute approximate surface area is 113 Å². The minimum Gasteiger partial charge on any atom is -0.379 e. The van der Waals surface area contributed by atoms with Crippen molar-refractivity contribution < 1.29 is 9.26 Å². The average molecular weight is 265 g/mol. The number of aromatic nitrogens is 2. The van der Waals surface area contributed by atoms with E-state index in [1.165, 1.54) is 19.3 Å². The highest BCUT2D eigenvalue weighted by molar-refractivity contribution is 5.12. The maximum absolute atomic E-state index is 6.10. The van der Waals surface area contributed by atoms with E-state index >= 15 is 0 Å². The fraction of sp³-hybridized carbons (Fsp3) is 0.857. The van der Waals surface area contributed by atoms with E-state index in [1.54, 1.807) is 0 Å². The second-order valence-corrected chi connectivity index (χ2v) is 6.47. The zero-order chi connectivity index (χ0) is 13.5. The fourth-order valence-corrected chi connectivity index (χ4v) is 3.21. The number of hydrogen-bond acceptors (Lipinski definition) is 5. The molecule has 2 N–H and O–H groups in total. The zero-order valence-corrected chi connectivity index (χ0v) is 11.8. The largest absolute Gasteiger partial charge is 0.379 e. The fourth-order valence-electron chi connectivity index (χ4n) is 3.21. The standard InChI is InChI=1S/C14H23N3O2/c1-9-4-3-5-10(6-9)12-16-13(19-17-12)14(2)8-18-7-11(14)15/h9-11H,3-8,15H2,1-2H3. The Morgan fingerprint density at radius 1 is 1.37 bits per heavy atom. The molecule has 2 fully saturated rings. The molecule has 5 heteroatoms. The summed E-state index contributed by atoms with van der Waals surface area (Å²) in [7, 11) is 0. The van der Waals surface area contributed by atoms with Gasteiger partial charge in [-0.2, -0.15) is 4.98 Å². The van der Waals surface area contributed by atoms with Crippen LogP contribution in [0.1, 0.15) is 57.2 Å². The third kappa shape index (κ3) is 2.30. The molecule has 106 valence electrons. The van der Waals surface area contributed by atoms with E-state index in [4.69, 9.17) is 15.0 Å². The minimum atomic E-state index is -0.328. The topological polar surface area (TPSA) is 74.2 Å². The number of ether oxygens (including phenoxy) is 1. The van der Waals surface area contributed by atoms with E-state index in [1.807, 2.05) is 6.92 Å². The van der Waals surface area contributed by atoms with Crippen molar-refractivity contribution in [3.05, 3.63) is 11.7 Å². The maximum atomic E-state index is 6.10. The number of nitrogens with two attached hydrogens (primary N) is 1. The molecule has 4 atom stereocenters. The number of hydrogen-bond donors (Lipinski definition) is 1. The number of rotatable bonds is 2. The molecule has 1 aliphatic carbocycles. The monoisotopic (exact) mass is 265 g/mol. The van der Waals surface area contributed by atoms with E-state index in [9.17, 15) is 0 Å². The van der Waals surface area contributed by atoms with Crippen molar-refractivity contribution in [3.8, 4) is 0 Å². The average Bonchev–Trinajstić information content (AvgIpc) is 2.99. The molecule has 0 aromatic carbocycles. The van der Waals surface area contributed by atoms with Crippen molar-refractivity contribution in [2.75, 3.05) is 13.2 Å². The summed E-state index contributed by atoms with van der Waals surface area (Å²) in [5.74, 6) is 2.71. The summed E-state index contributed by atoms with van der Waals surface area (Å²) in [6.45, 7) is 5.48. The second-order valence-electron chi connectivity index (χ2n) is 6.47. The van der Waals surface area contributed by atoms with Gasteiger partial charge in [0.05, 0.1) is 18.6 Å². The van der Waals surface area contributed by atoms with Gasteiger partial charge in [-0.15, -0.1) is 0 Å². The van der Waals surface area contributed by atoms with Crippen molar-refractivity contribution in [2.24, 2.45) is 11.7 Å². The van der Waals surface area contributed by atoms with E-state index in [2.05, 4.69) is 17.1 Å². The minimum absolute atomic E-state index is 0.0638. The summed E-state index contributed by atoms with van der Waals surface area (Å²) in [4.78, 5) is 4.63. The van der Waals surface area contributed by atoms with Gasteiger partial charge >= 0.3 is 0 Å². The van der Waals surface area contributed by atoms with Crippen LogP contribution >= 0.6 is 0 Å². The molecule has 0 bridgehead atoms. The van der Waals surface area contributed by atoms with Crippen LogP contribution in [0.2, 0.25) is 0 Å². The lowest BCUT2D eigenvalue weighted by atomic mass is 9.82. The SMILES string of the molecule is CC1CCCC(c2noc(C3(C)COCC3N)n2)C1. The van der Waals surface area contributed by atoms with Crippen molar-refractivity contribution >= 4 is 0 Å². The van der Waals surface area contributed by atoms with Gasteiger partial charge in [0, 0.05) is 12.0 Å². The Balaban J connectivity index is 1.79. The lowest BCUT2D eigenvalue weighted by Gasteiger charge is -2.24. The van der Waals surface area contributed by atoms with Crippen LogP contribution in [0.3, 0.4) is 0 Å². The van der Waals surface area contributed by atoms with Gasteiger partial charge in [-0.05, 0) is 25.7 Å². The van der Waals surface area contributed by atoms with Gasteiger partial charge in [-0.25, -0.2) is 0 Å². The lowest BCUT2D eigenvalue weighted by molar-refractivity contribution is 0.169. The zero-order valence-electron chi connectivity index (χ0n) is 11.8. The molecule has 0 spiro atoms. The first-order valence-electron chi connectivity index (χ1n) is 7.27. The Bertz CT molecular complexity index is 448. The van der Waals surface area contributed by atoms with E-state index in [-0.39, 0.29) is 11.5 Å². The van der Waals surface area contributed by atoms with Gasteiger partial charge in [0.25, 0.3) is 0 Å². The first-order chi connectivity index (χ1) is 9.09. The first-order valence-corrected chi connectivity index (χ1v) is 7.27. The molecule has 2 aliphatic rings. The molecule has 2 heterocycles. The van der Waals surface area contributed by atoms with Crippen LogP contribution in [0.25, 0.3) is 0 Å². The summed E-state index contributed by atoms with van der Waals surface area (Å²) in [6.07, 6.45) is 4.91. The molecule has 1 aromatic heterocycles. The summed E-state index contributed by atoms with van der Waals surface area (Å²) >= 11 is 0. The Hall–Kier alpha value is -0.940. The van der Waals surface area contributed by atoms with Gasteiger partial charge in [-0.3, -0.25) is 0 Å². The maximum Gasteiger partial charge on any atom is 0.236 e. The van der Waals surface area contributed by atoms with Gasteiger partial charge < -0.3 is 15.0 Å². The van der Waals surface area contributed by atoms with E-state index < -0.39 is 0 Å². The van der Waals surface area contributed by atoms with E-state index in [0.29, 0.717) is 25.0 Å². The second kappa shape index (κ2) is 4.87. The Kier molecular flexibility index (Phi) is 3.35. The molecule has 0 radical (unpaired) electrons. The van der Waals surface area contributed by atoms with Crippen LogP contribution < -0.4 is 5.73 Å². The Morgan fingerprint density at radius 2 is 2.21 bits per heavy atom. The molecule has 5 nitrogen and oxygen atoms in total. The van der Waals surface area contributed by atoms with Crippen LogP contribution in [0.5, 0.6) is 0 Å². The molecule has 1 saturated heterocycles. The quantitative estimate of drug-likeness (QED) is 0.885. The molecule has 1 aliphatic heterocycles. The highest BCUT2D eigenvalue weighted by atomic mass is 16.5. The molecule has 4 unspecified atom stereocenters. The van der Waals surface area contributed by atoms with Crippen LogP contribution in [0, 0.1) is 5.92 Å². The third-order valence-electron chi connectivity index (χ3n) is 4.75. The molecule has 3 rings (SSSR count). The lowest BCUT2D eigenvalue weighted by Crippen LogP contribution is -2.42. The van der Waals surface area contributed by atoms with Crippen LogP contribution in [-0.2, 0) is 10.2 Å². The summed E-state index contributed by atoms with van der Waals surface area (Å²) in [5, 5.41) is 4.20. The molecular formula is C14H23N3O2. The summed E-state index contributed by atoms with van der Waals surface area (Å²) in [6, 6.07) is -0.0638. The van der Waals surface area contributed by atoms with Crippen molar-refractivity contribution in [3.63, 3.8) is 0 Å². The molecule has 1 aromatic rings. The van der Waals surface area contributed by atoms with Gasteiger partial charge in [0.1, 0.15) is 0 Å². The first kappa shape index (κ1) is 13.1. The summed E-state index contributed by atoms with van der Waals surface area (Å²) < 4.78 is 10.9. The predicted molar refractivity (Wildman–Crippen MR) is 70.8 cm³/mol. The molecular weight excluding hydrogens is 242 g/mol. The van der Waals surface area contributed by atoms with Crippen LogP contribution in [-0.4, -0.2) is 29.4 Å². The van der Waals surface area contributed by atoms with Crippen LogP contribution in [0.4, 0.5) is 0 Å². The van der Waals surface area contributed by atoms with Crippen molar-refractivity contribution in [1.29, 1.82) is 0 Å². The highest BCUT2D eigenvalue weighted by Gasteiger charge is 2.44. The predicted octanol–water partition coefficient (Wildman–Crippen LogP) is 1.98. The van der Waals surface area contributed by atoms with Crippen LogP contribution in [0.15, 0.2) is 4.52 Å². The molecule has 1 saturated carbocycles. The van der Waals surface area contributed by atoms with Gasteiger partial charge in [0.15, 0.2) is 5.82 Å². The van der Waals surface area contributed by atoms with Crippen molar-refractivity contribution in [2.45, 2.75) is 56.9 Å². The summed E-state index contributed by atoms with van der Waals surface area (Å²) in [5.41, 5.74) is 5.77. The number of nitrogens with zero attached hydrogens (tertiary/aromatic N) is 2. The highest BCUT2D eigenvalue weighted by Crippen LogP contribution is 2.36. The van der Waals surface area contributed by atoms with Gasteiger partial charge in [-0.1, -0.05) is 24.9 Å². The third-order valence-corrected chi connectivity index (χ3v) is 4.75.